The maximum atomic E-state index is 10.6. The second-order valence-corrected chi connectivity index (χ2v) is 4.55. The first-order valence-electron chi connectivity index (χ1n) is 6.20. The van der Waals surface area contributed by atoms with Crippen LogP contribution in [0.25, 0.3) is 11.6 Å². The minimum Gasteiger partial charge on any atom is -0.454 e. The lowest BCUT2D eigenvalue weighted by atomic mass is 10.0. The van der Waals surface area contributed by atoms with Gasteiger partial charge in [-0.2, -0.15) is 0 Å². The van der Waals surface area contributed by atoms with Gasteiger partial charge in [0.15, 0.2) is 17.4 Å². The van der Waals surface area contributed by atoms with E-state index >= 15 is 0 Å². The van der Waals surface area contributed by atoms with Gasteiger partial charge in [-0.15, -0.1) is 0 Å². The number of fused-ring (bicyclic) bond motifs is 2. The quantitative estimate of drug-likeness (QED) is 0.753. The van der Waals surface area contributed by atoms with Gasteiger partial charge in [0.05, 0.1) is 5.69 Å². The molecule has 20 heavy (non-hydrogen) atoms. The number of hydrogen-bond acceptors (Lipinski definition) is 4. The van der Waals surface area contributed by atoms with E-state index in [4.69, 9.17) is 9.47 Å². The number of nitrogens with zero attached hydrogens (tertiary/aromatic N) is 1. The van der Waals surface area contributed by atoms with Crippen LogP contribution in [0.2, 0.25) is 0 Å². The molecule has 4 heteroatoms. The molecule has 96 valence electrons. The number of pyridine rings is 1. The van der Waals surface area contributed by atoms with Crippen LogP contribution in [-0.4, -0.2) is 17.7 Å². The molecule has 1 aliphatic carbocycles. The van der Waals surface area contributed by atoms with Crippen LogP contribution < -0.4 is 20.0 Å². The number of hydrogen-bond donors (Lipinski definition) is 0. The molecule has 0 bridgehead atoms. The van der Waals surface area contributed by atoms with Crippen molar-refractivity contribution in [1.29, 1.82) is 0 Å². The fraction of sp³-hybridized carbons (Fsp3) is 0.0625. The summed E-state index contributed by atoms with van der Waals surface area (Å²) in [5, 5.41) is 1.32. The molecule has 0 fully saturated rings. The van der Waals surface area contributed by atoms with Gasteiger partial charge in [-0.05, 0) is 41.5 Å². The van der Waals surface area contributed by atoms with Gasteiger partial charge in [-0.3, -0.25) is 0 Å². The molecule has 1 aromatic carbocycles. The molecule has 0 amide bonds. The molecular weight excluding hydrogens is 254 g/mol. The Morgan fingerprint density at radius 3 is 2.85 bits per heavy atom. The predicted molar refractivity (Wildman–Crippen MR) is 72.4 cm³/mol. The van der Waals surface area contributed by atoms with Crippen molar-refractivity contribution in [3.8, 4) is 11.5 Å². The zero-order chi connectivity index (χ0) is 13.5. The second-order valence-electron chi connectivity index (χ2n) is 4.55. The summed E-state index contributed by atoms with van der Waals surface area (Å²) in [4.78, 5) is 14.9. The first-order chi connectivity index (χ1) is 9.85. The monoisotopic (exact) mass is 263 g/mol. The molecule has 0 radical (unpaired) electrons. The Bertz CT molecular complexity index is 892. The van der Waals surface area contributed by atoms with Crippen LogP contribution in [0.3, 0.4) is 0 Å². The van der Waals surface area contributed by atoms with E-state index < -0.39 is 0 Å². The van der Waals surface area contributed by atoms with E-state index in [1.54, 1.807) is 12.0 Å². The van der Waals surface area contributed by atoms with E-state index in [1.165, 1.54) is 0 Å². The summed E-state index contributed by atoms with van der Waals surface area (Å²) in [5.41, 5.74) is 2.88. The smallest absolute Gasteiger partial charge is 0.231 e. The van der Waals surface area contributed by atoms with Crippen molar-refractivity contribution < 1.29 is 14.3 Å². The highest BCUT2D eigenvalue weighted by Crippen LogP contribution is 2.34. The highest BCUT2D eigenvalue weighted by molar-refractivity contribution is 5.84. The van der Waals surface area contributed by atoms with Crippen molar-refractivity contribution >= 4 is 17.6 Å². The van der Waals surface area contributed by atoms with Gasteiger partial charge in [0.25, 0.3) is 0 Å². The third-order valence-corrected chi connectivity index (χ3v) is 3.41. The average molecular weight is 263 g/mol. The van der Waals surface area contributed by atoms with Crippen LogP contribution in [0.1, 0.15) is 11.3 Å². The molecule has 2 heterocycles. The summed E-state index contributed by atoms with van der Waals surface area (Å²) in [6, 6.07) is 9.41. The number of rotatable bonds is 1. The standard InChI is InChI=1S/C16H9NO3/c18-8-11-2-3-13-12(4-5-14(13)17-11)10-1-6-15-16(7-10)20-9-19-15/h1-7H,9H2. The van der Waals surface area contributed by atoms with Crippen LogP contribution in [-0.2, 0) is 4.79 Å². The lowest BCUT2D eigenvalue weighted by Crippen LogP contribution is -2.18. The van der Waals surface area contributed by atoms with Gasteiger partial charge in [0.1, 0.15) is 5.35 Å². The first kappa shape index (κ1) is 11.0. The van der Waals surface area contributed by atoms with Gasteiger partial charge < -0.3 is 9.47 Å². The van der Waals surface area contributed by atoms with Gasteiger partial charge in [0, 0.05) is 5.22 Å². The topological polar surface area (TPSA) is 48.4 Å². The maximum Gasteiger partial charge on any atom is 0.231 e. The number of allylic oxidation sites excluding steroid dienone is 1. The van der Waals surface area contributed by atoms with Crippen molar-refractivity contribution in [2.24, 2.45) is 0 Å². The van der Waals surface area contributed by atoms with Crippen molar-refractivity contribution in [1.82, 2.24) is 4.98 Å². The molecule has 2 aromatic rings. The second kappa shape index (κ2) is 4.08. The molecule has 2 aliphatic rings. The van der Waals surface area contributed by atoms with Gasteiger partial charge in [-0.1, -0.05) is 12.1 Å². The minimum absolute atomic E-state index is 0.265. The third-order valence-electron chi connectivity index (χ3n) is 3.41. The third kappa shape index (κ3) is 1.56. The van der Waals surface area contributed by atoms with Crippen LogP contribution in [0.4, 0.5) is 0 Å². The van der Waals surface area contributed by atoms with Crippen LogP contribution in [0, 0.1) is 0 Å². The zero-order valence-corrected chi connectivity index (χ0v) is 10.4. The van der Waals surface area contributed by atoms with E-state index in [0.29, 0.717) is 5.35 Å². The van der Waals surface area contributed by atoms with E-state index in [2.05, 4.69) is 4.98 Å². The molecule has 0 spiro atoms. The molecule has 0 saturated carbocycles. The molecule has 1 aliphatic heterocycles. The Hall–Kier alpha value is -2.84. The SMILES string of the molecule is O=C=c1ccc2c(n1)C=CC=2c1ccc2c(c1)OCO2. The van der Waals surface area contributed by atoms with Gasteiger partial charge in [0.2, 0.25) is 6.79 Å². The Balaban J connectivity index is 1.94. The summed E-state index contributed by atoms with van der Waals surface area (Å²) in [7, 11) is 0. The summed E-state index contributed by atoms with van der Waals surface area (Å²) in [5.74, 6) is 3.32. The highest BCUT2D eigenvalue weighted by atomic mass is 16.7. The molecular formula is C16H9NO3. The fourth-order valence-corrected chi connectivity index (χ4v) is 2.45. The Morgan fingerprint density at radius 1 is 1.05 bits per heavy atom. The van der Waals surface area contributed by atoms with Crippen molar-refractivity contribution in [2.45, 2.75) is 0 Å². The average Bonchev–Trinajstić information content (AvgIpc) is 3.11. The molecule has 0 unspecified atom stereocenters. The fourth-order valence-electron chi connectivity index (χ4n) is 2.45. The van der Waals surface area contributed by atoms with E-state index in [0.717, 1.165) is 33.5 Å². The van der Waals surface area contributed by atoms with Crippen molar-refractivity contribution in [2.75, 3.05) is 6.79 Å². The van der Waals surface area contributed by atoms with Crippen LogP contribution >= 0.6 is 0 Å². The minimum atomic E-state index is 0.265. The van der Waals surface area contributed by atoms with Crippen LogP contribution in [0.15, 0.2) is 36.4 Å². The summed E-state index contributed by atoms with van der Waals surface area (Å²) in [6.07, 6.45) is 3.89. The molecule has 0 saturated heterocycles. The van der Waals surface area contributed by atoms with Crippen molar-refractivity contribution in [3.05, 3.63) is 58.2 Å². The van der Waals surface area contributed by atoms with Crippen molar-refractivity contribution in [3.63, 3.8) is 0 Å². The lowest BCUT2D eigenvalue weighted by Gasteiger charge is -2.02. The first-order valence-corrected chi connectivity index (χ1v) is 6.20. The number of benzene rings is 1. The van der Waals surface area contributed by atoms with E-state index in [1.807, 2.05) is 36.4 Å². The number of carbonyl (C=O) groups excluding carboxylic acids is 1. The predicted octanol–water partition coefficient (Wildman–Crippen LogP) is 0.539. The maximum absolute atomic E-state index is 10.6. The number of ether oxygens (including phenoxy) is 2. The highest BCUT2D eigenvalue weighted by Gasteiger charge is 2.16. The Morgan fingerprint density at radius 2 is 1.95 bits per heavy atom. The summed E-state index contributed by atoms with van der Waals surface area (Å²) >= 11 is 0. The molecule has 4 nitrogen and oxygen atoms in total. The van der Waals surface area contributed by atoms with Gasteiger partial charge in [-0.25, -0.2) is 9.78 Å². The summed E-state index contributed by atoms with van der Waals surface area (Å²) in [6.45, 7) is 0.265. The summed E-state index contributed by atoms with van der Waals surface area (Å²) < 4.78 is 10.7. The Labute approximate surface area is 114 Å². The molecule has 4 rings (SSSR count). The van der Waals surface area contributed by atoms with Crippen LogP contribution in [0.5, 0.6) is 11.5 Å². The lowest BCUT2D eigenvalue weighted by molar-refractivity contribution is 0.174. The van der Waals surface area contributed by atoms with Gasteiger partial charge >= 0.3 is 0 Å². The zero-order valence-electron chi connectivity index (χ0n) is 10.4. The normalized spacial score (nSPS) is 14.3. The number of aromatic nitrogens is 1. The van der Waals surface area contributed by atoms with E-state index in [9.17, 15) is 4.79 Å². The van der Waals surface area contributed by atoms with E-state index in [-0.39, 0.29) is 6.79 Å². The molecule has 0 atom stereocenters. The molecule has 1 aromatic heterocycles. The molecule has 0 N–H and O–H groups in total. The largest absolute Gasteiger partial charge is 0.454 e. The Kier molecular flexibility index (Phi) is 2.25.